The maximum atomic E-state index is 5.56. The Labute approximate surface area is 133 Å². The van der Waals surface area contributed by atoms with E-state index in [1.165, 1.54) is 43.4 Å². The Hall–Kier alpha value is -1.13. The van der Waals surface area contributed by atoms with Crippen LogP contribution in [0.25, 0.3) is 0 Å². The normalized spacial score (nSPS) is 21.4. The van der Waals surface area contributed by atoms with Crippen LogP contribution in [0, 0.1) is 0 Å². The fraction of sp³-hybridized carbons (Fsp3) is 0.588. The smallest absolute Gasteiger partial charge is 0.175 e. The van der Waals surface area contributed by atoms with Gasteiger partial charge in [-0.1, -0.05) is 44.4 Å². The van der Waals surface area contributed by atoms with Crippen LogP contribution in [0.2, 0.25) is 0 Å². The Morgan fingerprint density at radius 3 is 2.71 bits per heavy atom. The molecule has 0 aromatic heterocycles. The largest absolute Gasteiger partial charge is 0.349 e. The van der Waals surface area contributed by atoms with Gasteiger partial charge in [-0.3, -0.25) is 4.90 Å². The topological polar surface area (TPSA) is 18.5 Å². The second kappa shape index (κ2) is 6.75. The van der Waals surface area contributed by atoms with Crippen molar-refractivity contribution in [2.75, 3.05) is 18.2 Å². The van der Waals surface area contributed by atoms with Crippen molar-refractivity contribution in [3.63, 3.8) is 0 Å². The van der Waals surface area contributed by atoms with E-state index < -0.39 is 0 Å². The van der Waals surface area contributed by atoms with E-state index in [0.29, 0.717) is 6.04 Å². The molecule has 0 atom stereocenters. The van der Waals surface area contributed by atoms with Crippen molar-refractivity contribution in [3.8, 4) is 0 Å². The first kappa shape index (κ1) is 14.8. The second-order valence-electron chi connectivity index (χ2n) is 6.07. The molecule has 0 spiro atoms. The summed E-state index contributed by atoms with van der Waals surface area (Å²) in [4.78, 5) is 4.83. The van der Waals surface area contributed by atoms with Crippen molar-refractivity contribution in [3.05, 3.63) is 29.8 Å². The van der Waals surface area contributed by atoms with Crippen molar-refractivity contribution in [1.29, 1.82) is 0 Å². The molecular formula is C17H25N3S. The van der Waals surface area contributed by atoms with Gasteiger partial charge in [0.1, 0.15) is 0 Å². The molecule has 21 heavy (non-hydrogen) atoms. The number of rotatable bonds is 3. The van der Waals surface area contributed by atoms with E-state index in [1.54, 1.807) is 0 Å². The van der Waals surface area contributed by atoms with E-state index in [9.17, 15) is 0 Å². The standard InChI is InChI=1S/C17H25N3S/c1-2-14-8-6-7-11-16(14)20-13-19(12-18-17(20)21)15-9-4-3-5-10-15/h6-8,11,15H,2-5,9-10,12-13H2,1H3,(H,18,21). The fourth-order valence-electron chi connectivity index (χ4n) is 3.51. The van der Waals surface area contributed by atoms with E-state index in [1.807, 2.05) is 0 Å². The number of anilines is 1. The number of benzene rings is 1. The maximum absolute atomic E-state index is 5.56. The molecule has 2 fully saturated rings. The lowest BCUT2D eigenvalue weighted by Gasteiger charge is -2.43. The molecule has 4 heteroatoms. The summed E-state index contributed by atoms with van der Waals surface area (Å²) in [7, 11) is 0. The number of thiocarbonyl (C=S) groups is 1. The molecule has 1 aliphatic carbocycles. The van der Waals surface area contributed by atoms with Gasteiger partial charge in [-0.25, -0.2) is 0 Å². The van der Waals surface area contributed by atoms with Gasteiger partial charge < -0.3 is 10.2 Å². The Kier molecular flexibility index (Phi) is 4.76. The lowest BCUT2D eigenvalue weighted by Crippen LogP contribution is -2.59. The summed E-state index contributed by atoms with van der Waals surface area (Å²) in [6, 6.07) is 9.33. The highest BCUT2D eigenvalue weighted by atomic mass is 32.1. The first-order chi connectivity index (χ1) is 10.3. The number of hydrogen-bond acceptors (Lipinski definition) is 2. The molecule has 3 rings (SSSR count). The molecule has 1 aromatic rings. The molecule has 0 radical (unpaired) electrons. The lowest BCUT2D eigenvalue weighted by molar-refractivity contribution is 0.148. The van der Waals surface area contributed by atoms with Crippen LogP contribution in [0.4, 0.5) is 5.69 Å². The first-order valence-electron chi connectivity index (χ1n) is 8.17. The molecule has 3 nitrogen and oxygen atoms in total. The molecular weight excluding hydrogens is 278 g/mol. The molecule has 2 aliphatic rings. The van der Waals surface area contributed by atoms with Gasteiger partial charge in [0, 0.05) is 11.7 Å². The minimum atomic E-state index is 0.714. The van der Waals surface area contributed by atoms with Crippen molar-refractivity contribution in [2.24, 2.45) is 0 Å². The first-order valence-corrected chi connectivity index (χ1v) is 8.57. The summed E-state index contributed by atoms with van der Waals surface area (Å²) in [6.45, 7) is 4.03. The van der Waals surface area contributed by atoms with Crippen LogP contribution in [-0.2, 0) is 6.42 Å². The average molecular weight is 303 g/mol. The second-order valence-corrected chi connectivity index (χ2v) is 6.46. The highest BCUT2D eigenvalue weighted by Gasteiger charge is 2.28. The summed E-state index contributed by atoms with van der Waals surface area (Å²) in [5, 5.41) is 4.28. The van der Waals surface area contributed by atoms with Crippen LogP contribution in [0.5, 0.6) is 0 Å². The van der Waals surface area contributed by atoms with Gasteiger partial charge in [0.15, 0.2) is 5.11 Å². The van der Waals surface area contributed by atoms with Gasteiger partial charge in [-0.2, -0.15) is 0 Å². The third-order valence-corrected chi connectivity index (χ3v) is 5.12. The SMILES string of the molecule is CCc1ccccc1N1CN(C2CCCCC2)CNC1=S. The number of hydrogen-bond donors (Lipinski definition) is 1. The van der Waals surface area contributed by atoms with Crippen molar-refractivity contribution >= 4 is 23.0 Å². The van der Waals surface area contributed by atoms with Crippen LogP contribution in [-0.4, -0.2) is 29.4 Å². The van der Waals surface area contributed by atoms with Gasteiger partial charge in [-0.05, 0) is 43.1 Å². The zero-order chi connectivity index (χ0) is 14.7. The van der Waals surface area contributed by atoms with Crippen molar-refractivity contribution < 1.29 is 0 Å². The van der Waals surface area contributed by atoms with Crippen molar-refractivity contribution in [2.45, 2.75) is 51.5 Å². The third-order valence-electron chi connectivity index (χ3n) is 4.76. The van der Waals surface area contributed by atoms with Crippen LogP contribution in [0.15, 0.2) is 24.3 Å². The predicted octanol–water partition coefficient (Wildman–Crippen LogP) is 3.49. The summed E-state index contributed by atoms with van der Waals surface area (Å²) in [5.74, 6) is 0. The molecule has 0 bridgehead atoms. The van der Waals surface area contributed by atoms with Gasteiger partial charge >= 0.3 is 0 Å². The molecule has 1 saturated carbocycles. The van der Waals surface area contributed by atoms with E-state index in [-0.39, 0.29) is 0 Å². The molecule has 1 N–H and O–H groups in total. The zero-order valence-corrected chi connectivity index (χ0v) is 13.7. The molecule has 0 unspecified atom stereocenters. The highest BCUT2D eigenvalue weighted by molar-refractivity contribution is 7.80. The molecule has 1 aromatic carbocycles. The highest BCUT2D eigenvalue weighted by Crippen LogP contribution is 2.27. The van der Waals surface area contributed by atoms with Gasteiger partial charge in [0.05, 0.1) is 13.3 Å². The Morgan fingerprint density at radius 2 is 1.95 bits per heavy atom. The molecule has 1 heterocycles. The van der Waals surface area contributed by atoms with E-state index >= 15 is 0 Å². The Balaban J connectivity index is 1.78. The summed E-state index contributed by atoms with van der Waals surface area (Å²) >= 11 is 5.56. The Morgan fingerprint density at radius 1 is 1.19 bits per heavy atom. The molecule has 1 saturated heterocycles. The minimum absolute atomic E-state index is 0.714. The maximum Gasteiger partial charge on any atom is 0.175 e. The van der Waals surface area contributed by atoms with Crippen molar-refractivity contribution in [1.82, 2.24) is 10.2 Å². The van der Waals surface area contributed by atoms with Crippen LogP contribution in [0.3, 0.4) is 0 Å². The third kappa shape index (κ3) is 3.22. The quantitative estimate of drug-likeness (QED) is 0.861. The number of para-hydroxylation sites is 1. The predicted molar refractivity (Wildman–Crippen MR) is 92.5 cm³/mol. The molecule has 1 aliphatic heterocycles. The summed E-state index contributed by atoms with van der Waals surface area (Å²) < 4.78 is 0. The van der Waals surface area contributed by atoms with E-state index in [0.717, 1.165) is 24.9 Å². The minimum Gasteiger partial charge on any atom is -0.349 e. The lowest BCUT2D eigenvalue weighted by atomic mass is 9.94. The fourth-order valence-corrected chi connectivity index (χ4v) is 3.73. The molecule has 0 amide bonds. The Bertz CT molecular complexity index is 497. The summed E-state index contributed by atoms with van der Waals surface area (Å²) in [6.07, 6.45) is 7.85. The summed E-state index contributed by atoms with van der Waals surface area (Å²) in [5.41, 5.74) is 2.63. The molecule has 114 valence electrons. The zero-order valence-electron chi connectivity index (χ0n) is 12.8. The van der Waals surface area contributed by atoms with Crippen LogP contribution in [0.1, 0.15) is 44.6 Å². The van der Waals surface area contributed by atoms with Gasteiger partial charge in [0.2, 0.25) is 0 Å². The monoisotopic (exact) mass is 303 g/mol. The number of nitrogens with one attached hydrogen (secondary N) is 1. The number of aryl methyl sites for hydroxylation is 1. The van der Waals surface area contributed by atoms with Gasteiger partial charge in [0.25, 0.3) is 0 Å². The van der Waals surface area contributed by atoms with E-state index in [2.05, 4.69) is 46.3 Å². The van der Waals surface area contributed by atoms with Crippen LogP contribution >= 0.6 is 12.2 Å². The van der Waals surface area contributed by atoms with Crippen LogP contribution < -0.4 is 10.2 Å². The van der Waals surface area contributed by atoms with Gasteiger partial charge in [-0.15, -0.1) is 0 Å². The van der Waals surface area contributed by atoms with E-state index in [4.69, 9.17) is 12.2 Å². The number of nitrogens with zero attached hydrogens (tertiary/aromatic N) is 2. The average Bonchev–Trinajstić information content (AvgIpc) is 2.56.